The number of hydrogen-bond donors (Lipinski definition) is 1. The third kappa shape index (κ3) is 5.32. The van der Waals surface area contributed by atoms with E-state index in [2.05, 4.69) is 20.7 Å². The third-order valence-corrected chi connectivity index (χ3v) is 6.40. The molecule has 8 nitrogen and oxygen atoms in total. The predicted octanol–water partition coefficient (Wildman–Crippen LogP) is 3.75. The Labute approximate surface area is 200 Å². The van der Waals surface area contributed by atoms with Crippen LogP contribution in [0.5, 0.6) is 0 Å². The van der Waals surface area contributed by atoms with Gasteiger partial charge in [-0.05, 0) is 62.9 Å². The molecular weight excluding hydrogens is 428 g/mol. The van der Waals surface area contributed by atoms with Crippen LogP contribution in [0.25, 0.3) is 11.4 Å². The highest BCUT2D eigenvalue weighted by atomic mass is 16.2. The van der Waals surface area contributed by atoms with Crippen molar-refractivity contribution in [3.05, 3.63) is 59.2 Å². The molecule has 1 heterocycles. The Kier molecular flexibility index (Phi) is 7.05. The molecule has 1 aliphatic rings. The lowest BCUT2D eigenvalue weighted by Crippen LogP contribution is -2.51. The number of carbonyl (C=O) groups excluding carboxylic acids is 2. The van der Waals surface area contributed by atoms with Crippen molar-refractivity contribution >= 4 is 17.5 Å². The maximum atomic E-state index is 13.6. The monoisotopic (exact) mass is 460 g/mol. The van der Waals surface area contributed by atoms with E-state index < -0.39 is 6.04 Å². The van der Waals surface area contributed by atoms with Crippen LogP contribution in [0.3, 0.4) is 0 Å². The molecule has 1 aromatic heterocycles. The van der Waals surface area contributed by atoms with Gasteiger partial charge in [0.15, 0.2) is 0 Å². The zero-order valence-electron chi connectivity index (χ0n) is 20.3. The lowest BCUT2D eigenvalue weighted by atomic mass is 10.1. The van der Waals surface area contributed by atoms with Crippen LogP contribution in [0.2, 0.25) is 0 Å². The molecule has 1 aliphatic carbocycles. The van der Waals surface area contributed by atoms with Gasteiger partial charge in [-0.15, -0.1) is 10.2 Å². The molecule has 1 fully saturated rings. The van der Waals surface area contributed by atoms with Crippen LogP contribution in [0.15, 0.2) is 42.5 Å². The highest BCUT2D eigenvalue weighted by Crippen LogP contribution is 2.25. The van der Waals surface area contributed by atoms with Gasteiger partial charge in [0.2, 0.25) is 11.7 Å². The Hall–Kier alpha value is -3.55. The van der Waals surface area contributed by atoms with Crippen molar-refractivity contribution in [1.82, 2.24) is 25.5 Å². The summed E-state index contributed by atoms with van der Waals surface area (Å²) in [7, 11) is 0. The van der Waals surface area contributed by atoms with Crippen LogP contribution in [-0.2, 0) is 16.1 Å². The average molecular weight is 461 g/mol. The topological polar surface area (TPSA) is 93.0 Å². The summed E-state index contributed by atoms with van der Waals surface area (Å²) in [5.74, 6) is 0.0433. The van der Waals surface area contributed by atoms with Crippen LogP contribution in [-0.4, -0.2) is 44.1 Å². The summed E-state index contributed by atoms with van der Waals surface area (Å²) in [6.07, 6.45) is 4.22. The number of aromatic nitrogens is 4. The molecule has 1 saturated carbocycles. The Balaban J connectivity index is 1.58. The Bertz CT molecular complexity index is 1160. The largest absolute Gasteiger partial charge is 0.352 e. The molecule has 0 bridgehead atoms. The first-order valence-corrected chi connectivity index (χ1v) is 11.9. The maximum absolute atomic E-state index is 13.6. The number of amides is 2. The van der Waals surface area contributed by atoms with E-state index in [0.717, 1.165) is 53.6 Å². The Morgan fingerprint density at radius 2 is 1.74 bits per heavy atom. The van der Waals surface area contributed by atoms with Gasteiger partial charge in [0.05, 0.1) is 0 Å². The van der Waals surface area contributed by atoms with Crippen LogP contribution in [0.1, 0.15) is 49.3 Å². The Morgan fingerprint density at radius 1 is 1.06 bits per heavy atom. The number of anilines is 1. The minimum Gasteiger partial charge on any atom is -0.352 e. The van der Waals surface area contributed by atoms with Gasteiger partial charge in [0.1, 0.15) is 12.6 Å². The quantitative estimate of drug-likeness (QED) is 0.580. The first-order chi connectivity index (χ1) is 16.3. The molecular formula is C26H32N6O2. The molecule has 1 atom stereocenters. The second-order valence-electron chi connectivity index (χ2n) is 9.23. The smallest absolute Gasteiger partial charge is 0.251 e. The number of benzene rings is 2. The lowest BCUT2D eigenvalue weighted by Gasteiger charge is -2.31. The van der Waals surface area contributed by atoms with Gasteiger partial charge in [0.25, 0.3) is 5.91 Å². The molecule has 1 N–H and O–H groups in total. The molecule has 3 aromatic rings. The molecule has 0 saturated heterocycles. The molecule has 2 aromatic carbocycles. The highest BCUT2D eigenvalue weighted by Gasteiger charge is 2.31. The minimum atomic E-state index is -0.673. The summed E-state index contributed by atoms with van der Waals surface area (Å²) in [5, 5.41) is 15.7. The van der Waals surface area contributed by atoms with Gasteiger partial charge in [0, 0.05) is 17.3 Å². The summed E-state index contributed by atoms with van der Waals surface area (Å²) in [6, 6.07) is 13.2. The number of nitrogens with zero attached hydrogens (tertiary/aromatic N) is 5. The van der Waals surface area contributed by atoms with E-state index in [-0.39, 0.29) is 24.4 Å². The SMILES string of the molecule is Cc1ccc(-c2nnn(CC(=O)N(c3cc(C)ccc3C)C(C)C(=O)NC3CCCC3)n2)cc1. The van der Waals surface area contributed by atoms with Crippen LogP contribution >= 0.6 is 0 Å². The van der Waals surface area contributed by atoms with Crippen LogP contribution < -0.4 is 10.2 Å². The van der Waals surface area contributed by atoms with E-state index in [9.17, 15) is 9.59 Å². The van der Waals surface area contributed by atoms with Gasteiger partial charge in [-0.2, -0.15) is 4.80 Å². The van der Waals surface area contributed by atoms with Gasteiger partial charge >= 0.3 is 0 Å². The van der Waals surface area contributed by atoms with Crippen molar-refractivity contribution in [1.29, 1.82) is 0 Å². The van der Waals surface area contributed by atoms with Crippen molar-refractivity contribution in [3.8, 4) is 11.4 Å². The summed E-state index contributed by atoms with van der Waals surface area (Å²) in [4.78, 5) is 29.6. The van der Waals surface area contributed by atoms with Crippen molar-refractivity contribution in [2.75, 3.05) is 4.90 Å². The van der Waals surface area contributed by atoms with Gasteiger partial charge < -0.3 is 5.32 Å². The minimum absolute atomic E-state index is 0.118. The number of tetrazole rings is 1. The number of nitrogens with one attached hydrogen (secondary N) is 1. The van der Waals surface area contributed by atoms with E-state index in [4.69, 9.17) is 0 Å². The summed E-state index contributed by atoms with van der Waals surface area (Å²) in [5.41, 5.74) is 4.63. The number of carbonyl (C=O) groups is 2. The second-order valence-corrected chi connectivity index (χ2v) is 9.23. The van der Waals surface area contributed by atoms with Crippen molar-refractivity contribution in [2.24, 2.45) is 0 Å². The van der Waals surface area contributed by atoms with E-state index in [0.29, 0.717) is 5.82 Å². The van der Waals surface area contributed by atoms with Crippen molar-refractivity contribution < 1.29 is 9.59 Å². The standard InChI is InChI=1S/C26H32N6O2/c1-17-10-13-21(14-11-17)25-28-30-31(29-25)16-24(33)32(23-15-18(2)9-12-19(23)3)20(4)26(34)27-22-7-5-6-8-22/h9-15,20,22H,5-8,16H2,1-4H3,(H,27,34). The lowest BCUT2D eigenvalue weighted by molar-refractivity contribution is -0.127. The molecule has 0 spiro atoms. The molecule has 2 amide bonds. The fourth-order valence-electron chi connectivity index (χ4n) is 4.37. The summed E-state index contributed by atoms with van der Waals surface area (Å²) < 4.78 is 0. The van der Waals surface area contributed by atoms with Crippen LogP contribution in [0.4, 0.5) is 5.69 Å². The first-order valence-electron chi connectivity index (χ1n) is 11.9. The van der Waals surface area contributed by atoms with Crippen molar-refractivity contribution in [2.45, 2.75) is 72.0 Å². The highest BCUT2D eigenvalue weighted by molar-refractivity contribution is 6.01. The predicted molar refractivity (Wildman–Crippen MR) is 131 cm³/mol. The zero-order valence-corrected chi connectivity index (χ0v) is 20.3. The molecule has 0 aliphatic heterocycles. The molecule has 34 heavy (non-hydrogen) atoms. The summed E-state index contributed by atoms with van der Waals surface area (Å²) >= 11 is 0. The van der Waals surface area contributed by atoms with Gasteiger partial charge in [-0.3, -0.25) is 14.5 Å². The van der Waals surface area contributed by atoms with Crippen molar-refractivity contribution in [3.63, 3.8) is 0 Å². The number of hydrogen-bond acceptors (Lipinski definition) is 5. The fraction of sp³-hybridized carbons (Fsp3) is 0.423. The fourth-order valence-corrected chi connectivity index (χ4v) is 4.37. The van der Waals surface area contributed by atoms with Crippen LogP contribution in [0, 0.1) is 20.8 Å². The maximum Gasteiger partial charge on any atom is 0.251 e. The van der Waals surface area contributed by atoms with Gasteiger partial charge in [-0.25, -0.2) is 0 Å². The average Bonchev–Trinajstić information content (AvgIpc) is 3.49. The van der Waals surface area contributed by atoms with E-state index in [1.54, 1.807) is 11.8 Å². The van der Waals surface area contributed by atoms with E-state index >= 15 is 0 Å². The number of aryl methyl sites for hydroxylation is 3. The summed E-state index contributed by atoms with van der Waals surface area (Å²) in [6.45, 7) is 7.59. The Morgan fingerprint density at radius 3 is 2.44 bits per heavy atom. The van der Waals surface area contributed by atoms with Gasteiger partial charge in [-0.1, -0.05) is 54.8 Å². The van der Waals surface area contributed by atoms with E-state index in [1.807, 2.05) is 63.2 Å². The first kappa shape index (κ1) is 23.6. The number of rotatable bonds is 7. The molecule has 1 unspecified atom stereocenters. The third-order valence-electron chi connectivity index (χ3n) is 6.40. The second kappa shape index (κ2) is 10.2. The zero-order chi connectivity index (χ0) is 24.2. The molecule has 0 radical (unpaired) electrons. The molecule has 178 valence electrons. The van der Waals surface area contributed by atoms with E-state index in [1.165, 1.54) is 4.80 Å². The normalized spacial score (nSPS) is 14.7. The molecule has 8 heteroatoms. The molecule has 4 rings (SSSR count).